The number of hydrogen-bond acceptors (Lipinski definition) is 11. The number of ether oxygens (including phenoxy) is 3. The standard InChI is InChI=1S/C26H30N4O7S2/c1-7-18(37-23(32)16-10-12-17(13-11-16)30-15(5)28-29-26(30)38-6)21(31)27-22-19(24(33)35-8-2)14(4)20(39-22)25(34)36-9-3/h10-13,18H,7-9H2,1-6H3,(H,27,31). The molecule has 1 N–H and O–H groups in total. The zero-order valence-electron chi connectivity index (χ0n) is 22.5. The fraction of sp³-hybridized carbons (Fsp3) is 0.385. The Morgan fingerprint density at radius 2 is 1.62 bits per heavy atom. The summed E-state index contributed by atoms with van der Waals surface area (Å²) in [5, 5.41) is 11.7. The Morgan fingerprint density at radius 3 is 2.21 bits per heavy atom. The highest BCUT2D eigenvalue weighted by atomic mass is 32.2. The first kappa shape index (κ1) is 29.8. The highest BCUT2D eigenvalue weighted by Crippen LogP contribution is 2.34. The number of thiophene rings is 1. The lowest BCUT2D eigenvalue weighted by molar-refractivity contribution is -0.124. The van der Waals surface area contributed by atoms with E-state index in [1.807, 2.05) is 17.7 Å². The van der Waals surface area contributed by atoms with Crippen LogP contribution in [0.4, 0.5) is 5.00 Å². The van der Waals surface area contributed by atoms with E-state index < -0.39 is 29.9 Å². The largest absolute Gasteiger partial charge is 0.462 e. The van der Waals surface area contributed by atoms with Crippen LogP contribution in [0.15, 0.2) is 29.4 Å². The third kappa shape index (κ3) is 6.66. The second-order valence-electron chi connectivity index (χ2n) is 8.11. The number of carbonyl (C=O) groups excluding carboxylic acids is 4. The minimum Gasteiger partial charge on any atom is -0.462 e. The molecule has 208 valence electrons. The summed E-state index contributed by atoms with van der Waals surface area (Å²) in [7, 11) is 0. The molecule has 1 atom stereocenters. The summed E-state index contributed by atoms with van der Waals surface area (Å²) in [6, 6.07) is 6.67. The Morgan fingerprint density at radius 1 is 0.974 bits per heavy atom. The van der Waals surface area contributed by atoms with Crippen molar-refractivity contribution in [3.8, 4) is 5.69 Å². The lowest BCUT2D eigenvalue weighted by Gasteiger charge is -2.16. The van der Waals surface area contributed by atoms with Crippen LogP contribution in [-0.4, -0.2) is 64.2 Å². The zero-order valence-corrected chi connectivity index (χ0v) is 24.2. The van der Waals surface area contributed by atoms with Crippen molar-refractivity contribution in [1.29, 1.82) is 0 Å². The molecule has 1 aromatic carbocycles. The van der Waals surface area contributed by atoms with Gasteiger partial charge in [-0.05, 0) is 70.2 Å². The van der Waals surface area contributed by atoms with E-state index in [0.717, 1.165) is 17.0 Å². The monoisotopic (exact) mass is 574 g/mol. The van der Waals surface area contributed by atoms with Crippen molar-refractivity contribution in [3.63, 3.8) is 0 Å². The Balaban J connectivity index is 1.79. The first-order valence-electron chi connectivity index (χ1n) is 12.2. The predicted molar refractivity (Wildman–Crippen MR) is 147 cm³/mol. The molecule has 2 aromatic heterocycles. The molecule has 1 amide bonds. The molecule has 0 aliphatic heterocycles. The number of esters is 3. The molecule has 1 unspecified atom stereocenters. The Hall–Kier alpha value is -3.71. The van der Waals surface area contributed by atoms with E-state index in [4.69, 9.17) is 14.2 Å². The van der Waals surface area contributed by atoms with Crippen LogP contribution in [0.2, 0.25) is 0 Å². The molecule has 0 saturated heterocycles. The molecule has 39 heavy (non-hydrogen) atoms. The van der Waals surface area contributed by atoms with Crippen LogP contribution in [0.5, 0.6) is 0 Å². The Bertz CT molecular complexity index is 1370. The minimum absolute atomic E-state index is 0.0592. The lowest BCUT2D eigenvalue weighted by atomic mass is 10.1. The van der Waals surface area contributed by atoms with Gasteiger partial charge in [-0.25, -0.2) is 14.4 Å². The number of nitrogens with zero attached hydrogens (tertiary/aromatic N) is 3. The molecular formula is C26H30N4O7S2. The molecule has 0 aliphatic carbocycles. The molecule has 0 aliphatic rings. The van der Waals surface area contributed by atoms with Crippen molar-refractivity contribution in [1.82, 2.24) is 14.8 Å². The number of hydrogen-bond donors (Lipinski definition) is 1. The molecule has 3 rings (SSSR count). The van der Waals surface area contributed by atoms with Crippen molar-refractivity contribution in [3.05, 3.63) is 51.7 Å². The van der Waals surface area contributed by atoms with Gasteiger partial charge >= 0.3 is 17.9 Å². The number of aryl methyl sites for hydroxylation is 1. The molecule has 13 heteroatoms. The fourth-order valence-electron chi connectivity index (χ4n) is 3.67. The average Bonchev–Trinajstić information content (AvgIpc) is 3.46. The van der Waals surface area contributed by atoms with Gasteiger partial charge in [-0.2, -0.15) is 0 Å². The molecule has 0 spiro atoms. The zero-order chi connectivity index (χ0) is 28.7. The lowest BCUT2D eigenvalue weighted by Crippen LogP contribution is -2.32. The Labute approximate surface area is 234 Å². The van der Waals surface area contributed by atoms with Gasteiger partial charge in [0, 0.05) is 5.69 Å². The first-order chi connectivity index (χ1) is 18.7. The van der Waals surface area contributed by atoms with E-state index in [2.05, 4.69) is 15.5 Å². The second-order valence-corrected chi connectivity index (χ2v) is 9.90. The van der Waals surface area contributed by atoms with Gasteiger partial charge in [0.2, 0.25) is 0 Å². The SMILES string of the molecule is CCOC(=O)c1sc(NC(=O)C(CC)OC(=O)c2ccc(-n3c(C)nnc3SC)cc2)c(C(=O)OCC)c1C. The van der Waals surface area contributed by atoms with Gasteiger partial charge in [0.25, 0.3) is 5.91 Å². The maximum absolute atomic E-state index is 13.1. The molecule has 0 bridgehead atoms. The number of aromatic nitrogens is 3. The van der Waals surface area contributed by atoms with Crippen LogP contribution in [-0.2, 0) is 19.0 Å². The summed E-state index contributed by atoms with van der Waals surface area (Å²) in [4.78, 5) is 51.2. The van der Waals surface area contributed by atoms with E-state index in [9.17, 15) is 19.2 Å². The minimum atomic E-state index is -1.15. The van der Waals surface area contributed by atoms with Crippen molar-refractivity contribution in [2.45, 2.75) is 52.3 Å². The third-order valence-electron chi connectivity index (χ3n) is 5.58. The van der Waals surface area contributed by atoms with Crippen molar-refractivity contribution >= 4 is 51.9 Å². The number of nitrogens with one attached hydrogen (secondary N) is 1. The molecule has 0 fully saturated rings. The van der Waals surface area contributed by atoms with Crippen LogP contribution < -0.4 is 5.32 Å². The van der Waals surface area contributed by atoms with Gasteiger partial charge < -0.3 is 19.5 Å². The number of carbonyl (C=O) groups is 4. The highest BCUT2D eigenvalue weighted by molar-refractivity contribution is 7.98. The van der Waals surface area contributed by atoms with Crippen LogP contribution in [0, 0.1) is 13.8 Å². The van der Waals surface area contributed by atoms with Crippen LogP contribution >= 0.6 is 23.1 Å². The maximum Gasteiger partial charge on any atom is 0.348 e. The van der Waals surface area contributed by atoms with Gasteiger partial charge in [0.05, 0.1) is 24.3 Å². The van der Waals surface area contributed by atoms with Crippen molar-refractivity contribution < 1.29 is 33.4 Å². The van der Waals surface area contributed by atoms with Gasteiger partial charge in [-0.15, -0.1) is 21.5 Å². The molecular weight excluding hydrogens is 544 g/mol. The summed E-state index contributed by atoms with van der Waals surface area (Å²) in [5.74, 6) is -1.92. The van der Waals surface area contributed by atoms with E-state index in [0.29, 0.717) is 16.5 Å². The maximum atomic E-state index is 13.1. The van der Waals surface area contributed by atoms with Gasteiger partial charge in [-0.3, -0.25) is 9.36 Å². The number of benzene rings is 1. The van der Waals surface area contributed by atoms with Crippen LogP contribution in [0.25, 0.3) is 5.69 Å². The highest BCUT2D eigenvalue weighted by Gasteiger charge is 2.30. The van der Waals surface area contributed by atoms with E-state index in [-0.39, 0.29) is 40.6 Å². The fourth-order valence-corrected chi connectivity index (χ4v) is 5.31. The molecule has 3 aromatic rings. The first-order valence-corrected chi connectivity index (χ1v) is 14.3. The number of rotatable bonds is 11. The van der Waals surface area contributed by atoms with E-state index in [1.54, 1.807) is 52.0 Å². The smallest absolute Gasteiger partial charge is 0.348 e. The molecule has 0 radical (unpaired) electrons. The number of thioether (sulfide) groups is 1. The molecule has 2 heterocycles. The van der Waals surface area contributed by atoms with Gasteiger partial charge in [0.1, 0.15) is 15.7 Å². The average molecular weight is 575 g/mol. The van der Waals surface area contributed by atoms with Crippen LogP contribution in [0.3, 0.4) is 0 Å². The van der Waals surface area contributed by atoms with Crippen LogP contribution in [0.1, 0.15) is 69.0 Å². The van der Waals surface area contributed by atoms with Crippen molar-refractivity contribution in [2.24, 2.45) is 0 Å². The second kappa shape index (κ2) is 13.4. The van der Waals surface area contributed by atoms with E-state index >= 15 is 0 Å². The van der Waals surface area contributed by atoms with E-state index in [1.165, 1.54) is 11.8 Å². The van der Waals surface area contributed by atoms with Gasteiger partial charge in [-0.1, -0.05) is 18.7 Å². The normalized spacial score (nSPS) is 11.5. The molecule has 0 saturated carbocycles. The predicted octanol–water partition coefficient (Wildman–Crippen LogP) is 4.60. The summed E-state index contributed by atoms with van der Waals surface area (Å²) >= 11 is 2.35. The third-order valence-corrected chi connectivity index (χ3v) is 7.39. The van der Waals surface area contributed by atoms with Gasteiger partial charge in [0.15, 0.2) is 11.3 Å². The number of anilines is 1. The van der Waals surface area contributed by atoms with Crippen molar-refractivity contribution in [2.75, 3.05) is 24.8 Å². The summed E-state index contributed by atoms with van der Waals surface area (Å²) in [6.07, 6.45) is 0.923. The summed E-state index contributed by atoms with van der Waals surface area (Å²) < 4.78 is 17.5. The quantitative estimate of drug-likeness (QED) is 0.196. The Kier molecular flexibility index (Phi) is 10.2. The summed E-state index contributed by atoms with van der Waals surface area (Å²) in [6.45, 7) is 8.68. The number of amides is 1. The summed E-state index contributed by atoms with van der Waals surface area (Å²) in [5.41, 5.74) is 1.43. The topological polar surface area (TPSA) is 139 Å². The molecule has 11 nitrogen and oxygen atoms in total.